The molecular weight excluding hydrogens is 216 g/mol. The number of hydrogen-bond acceptors (Lipinski definition) is 3. The summed E-state index contributed by atoms with van der Waals surface area (Å²) in [7, 11) is 3.76. The highest BCUT2D eigenvalue weighted by atomic mass is 16.3. The van der Waals surface area contributed by atoms with Gasteiger partial charge in [0.05, 0.1) is 5.69 Å². The average Bonchev–Trinajstić information content (AvgIpc) is 2.70. The Morgan fingerprint density at radius 3 is 2.35 bits per heavy atom. The molecule has 88 valence electrons. The first-order valence-corrected chi connectivity index (χ1v) is 5.27. The highest BCUT2D eigenvalue weighted by Gasteiger charge is 2.09. The number of rotatable bonds is 3. The van der Waals surface area contributed by atoms with Crippen molar-refractivity contribution in [3.8, 4) is 5.75 Å². The van der Waals surface area contributed by atoms with E-state index in [1.807, 2.05) is 41.8 Å². The van der Waals surface area contributed by atoms with E-state index >= 15 is 0 Å². The minimum atomic E-state index is 0.239. The Balaban J connectivity index is 2.36. The molecule has 0 saturated carbocycles. The molecule has 2 aromatic rings. The van der Waals surface area contributed by atoms with E-state index in [4.69, 9.17) is 0 Å². The van der Waals surface area contributed by atoms with Gasteiger partial charge in [0.15, 0.2) is 6.29 Å². The fraction of sp³-hybridized carbons (Fsp3) is 0.154. The van der Waals surface area contributed by atoms with Crippen molar-refractivity contribution in [1.82, 2.24) is 4.57 Å². The second kappa shape index (κ2) is 4.33. The predicted molar refractivity (Wildman–Crippen MR) is 67.0 cm³/mol. The molecule has 0 fully saturated rings. The third-order valence-electron chi connectivity index (χ3n) is 2.84. The number of carbonyl (C=O) groups excluding carboxylic acids is 1. The maximum atomic E-state index is 10.8. The molecule has 0 aliphatic carbocycles. The third-order valence-corrected chi connectivity index (χ3v) is 2.84. The number of phenols is 1. The van der Waals surface area contributed by atoms with Crippen molar-refractivity contribution in [2.75, 3.05) is 11.9 Å². The van der Waals surface area contributed by atoms with E-state index in [0.29, 0.717) is 5.69 Å². The predicted octanol–water partition coefficient (Wildman–Crippen LogP) is 2.31. The Bertz CT molecular complexity index is 529. The van der Waals surface area contributed by atoms with Crippen molar-refractivity contribution in [1.29, 1.82) is 0 Å². The van der Waals surface area contributed by atoms with Crippen molar-refractivity contribution in [3.63, 3.8) is 0 Å². The number of phenolic OH excluding ortho intramolecular Hbond substituents is 1. The van der Waals surface area contributed by atoms with Gasteiger partial charge < -0.3 is 14.6 Å². The Morgan fingerprint density at radius 1 is 1.18 bits per heavy atom. The van der Waals surface area contributed by atoms with Gasteiger partial charge in [0.2, 0.25) is 0 Å². The standard InChI is InChI=1S/C13H14N2O2/c1-14(10-3-6-12(17)7-4-10)13-8-5-11(9-16)15(13)2/h3-9,17H,1-2H3. The first-order valence-electron chi connectivity index (χ1n) is 5.27. The van der Waals surface area contributed by atoms with Gasteiger partial charge in [-0.2, -0.15) is 0 Å². The van der Waals surface area contributed by atoms with Gasteiger partial charge in [0.25, 0.3) is 0 Å². The van der Waals surface area contributed by atoms with Crippen LogP contribution < -0.4 is 4.90 Å². The molecule has 1 aromatic carbocycles. The van der Waals surface area contributed by atoms with Crippen LogP contribution in [0.4, 0.5) is 11.5 Å². The molecule has 0 radical (unpaired) electrons. The van der Waals surface area contributed by atoms with E-state index in [1.165, 1.54) is 0 Å². The average molecular weight is 230 g/mol. The van der Waals surface area contributed by atoms with E-state index in [-0.39, 0.29) is 5.75 Å². The Morgan fingerprint density at radius 2 is 1.82 bits per heavy atom. The summed E-state index contributed by atoms with van der Waals surface area (Å²) in [6.45, 7) is 0. The maximum Gasteiger partial charge on any atom is 0.166 e. The summed E-state index contributed by atoms with van der Waals surface area (Å²) in [5.41, 5.74) is 1.58. The summed E-state index contributed by atoms with van der Waals surface area (Å²) in [6, 6.07) is 10.6. The molecule has 0 spiro atoms. The number of hydrogen-bond donors (Lipinski definition) is 1. The van der Waals surface area contributed by atoms with Crippen LogP contribution in [-0.2, 0) is 7.05 Å². The first kappa shape index (κ1) is 11.3. The van der Waals surface area contributed by atoms with Gasteiger partial charge in [0.1, 0.15) is 11.6 Å². The van der Waals surface area contributed by atoms with Gasteiger partial charge in [-0.15, -0.1) is 0 Å². The summed E-state index contributed by atoms with van der Waals surface area (Å²) in [5.74, 6) is 1.15. The minimum absolute atomic E-state index is 0.239. The van der Waals surface area contributed by atoms with E-state index in [0.717, 1.165) is 17.8 Å². The van der Waals surface area contributed by atoms with E-state index < -0.39 is 0 Å². The monoisotopic (exact) mass is 230 g/mol. The van der Waals surface area contributed by atoms with Crippen LogP contribution in [-0.4, -0.2) is 23.0 Å². The number of aldehydes is 1. The SMILES string of the molecule is CN(c1ccc(O)cc1)c1ccc(C=O)n1C. The van der Waals surface area contributed by atoms with Gasteiger partial charge in [-0.25, -0.2) is 0 Å². The molecule has 4 nitrogen and oxygen atoms in total. The first-order chi connectivity index (χ1) is 8.13. The van der Waals surface area contributed by atoms with E-state index in [1.54, 1.807) is 18.2 Å². The van der Waals surface area contributed by atoms with E-state index in [2.05, 4.69) is 0 Å². The van der Waals surface area contributed by atoms with Crippen LogP contribution in [0.3, 0.4) is 0 Å². The minimum Gasteiger partial charge on any atom is -0.508 e. The third kappa shape index (κ3) is 2.01. The van der Waals surface area contributed by atoms with Crippen molar-refractivity contribution in [3.05, 3.63) is 42.1 Å². The lowest BCUT2D eigenvalue weighted by atomic mass is 10.3. The highest BCUT2D eigenvalue weighted by Crippen LogP contribution is 2.25. The second-order valence-electron chi connectivity index (χ2n) is 3.87. The molecule has 0 aliphatic heterocycles. The highest BCUT2D eigenvalue weighted by molar-refractivity contribution is 5.75. The molecule has 0 atom stereocenters. The molecule has 0 saturated heterocycles. The zero-order chi connectivity index (χ0) is 12.4. The van der Waals surface area contributed by atoms with Crippen LogP contribution in [0.5, 0.6) is 5.75 Å². The van der Waals surface area contributed by atoms with Gasteiger partial charge >= 0.3 is 0 Å². The summed E-state index contributed by atoms with van der Waals surface area (Å²) >= 11 is 0. The number of anilines is 2. The van der Waals surface area contributed by atoms with Crippen LogP contribution in [0, 0.1) is 0 Å². The van der Waals surface area contributed by atoms with Crippen molar-refractivity contribution in [2.24, 2.45) is 7.05 Å². The molecule has 0 unspecified atom stereocenters. The second-order valence-corrected chi connectivity index (χ2v) is 3.87. The number of benzene rings is 1. The lowest BCUT2D eigenvalue weighted by Crippen LogP contribution is -2.13. The molecule has 1 aromatic heterocycles. The quantitative estimate of drug-likeness (QED) is 0.823. The number of carbonyl (C=O) groups is 1. The molecule has 1 heterocycles. The van der Waals surface area contributed by atoms with Gasteiger partial charge in [-0.1, -0.05) is 0 Å². The lowest BCUT2D eigenvalue weighted by Gasteiger charge is -2.20. The lowest BCUT2D eigenvalue weighted by molar-refractivity contribution is 0.111. The Hall–Kier alpha value is -2.23. The summed E-state index contributed by atoms with van der Waals surface area (Å²) in [5, 5.41) is 9.24. The molecule has 4 heteroatoms. The van der Waals surface area contributed by atoms with E-state index in [9.17, 15) is 9.90 Å². The molecule has 2 rings (SSSR count). The normalized spacial score (nSPS) is 10.2. The summed E-state index contributed by atoms with van der Waals surface area (Å²) in [4.78, 5) is 12.7. The maximum absolute atomic E-state index is 10.8. The van der Waals surface area contributed by atoms with Crippen LogP contribution in [0.15, 0.2) is 36.4 Å². The van der Waals surface area contributed by atoms with Crippen LogP contribution in [0.1, 0.15) is 10.5 Å². The summed E-state index contributed by atoms with van der Waals surface area (Å²) < 4.78 is 1.82. The zero-order valence-electron chi connectivity index (χ0n) is 9.79. The summed E-state index contributed by atoms with van der Waals surface area (Å²) in [6.07, 6.45) is 0.828. The fourth-order valence-corrected chi connectivity index (χ4v) is 1.78. The largest absolute Gasteiger partial charge is 0.508 e. The number of aromatic hydroxyl groups is 1. The van der Waals surface area contributed by atoms with Gasteiger partial charge in [-0.05, 0) is 36.4 Å². The van der Waals surface area contributed by atoms with Crippen LogP contribution >= 0.6 is 0 Å². The zero-order valence-corrected chi connectivity index (χ0v) is 9.79. The molecule has 0 aliphatic rings. The molecule has 0 amide bonds. The number of aromatic nitrogens is 1. The van der Waals surface area contributed by atoms with Crippen LogP contribution in [0.25, 0.3) is 0 Å². The molecule has 17 heavy (non-hydrogen) atoms. The Labute approximate surface area is 99.7 Å². The molecule has 1 N–H and O–H groups in total. The van der Waals surface area contributed by atoms with Gasteiger partial charge in [0, 0.05) is 19.8 Å². The van der Waals surface area contributed by atoms with Crippen LogP contribution in [0.2, 0.25) is 0 Å². The smallest absolute Gasteiger partial charge is 0.166 e. The molecular formula is C13H14N2O2. The van der Waals surface area contributed by atoms with Crippen molar-refractivity contribution < 1.29 is 9.90 Å². The fourth-order valence-electron chi connectivity index (χ4n) is 1.78. The van der Waals surface area contributed by atoms with Crippen molar-refractivity contribution >= 4 is 17.8 Å². The molecule has 0 bridgehead atoms. The Kier molecular flexibility index (Phi) is 2.87. The van der Waals surface area contributed by atoms with Crippen molar-refractivity contribution in [2.45, 2.75) is 0 Å². The topological polar surface area (TPSA) is 45.5 Å². The number of nitrogens with zero attached hydrogens (tertiary/aromatic N) is 2. The van der Waals surface area contributed by atoms with Gasteiger partial charge in [-0.3, -0.25) is 4.79 Å².